The second kappa shape index (κ2) is 9.42. The molecule has 0 saturated carbocycles. The van der Waals surface area contributed by atoms with Gasteiger partial charge < -0.3 is 9.47 Å². The zero-order chi connectivity index (χ0) is 24.4. The highest BCUT2D eigenvalue weighted by atomic mass is 16.5. The lowest BCUT2D eigenvalue weighted by atomic mass is 9.90. The molecule has 1 aliphatic rings. The van der Waals surface area contributed by atoms with Gasteiger partial charge in [0.1, 0.15) is 11.4 Å². The van der Waals surface area contributed by atoms with Crippen molar-refractivity contribution in [2.75, 3.05) is 19.8 Å². The van der Waals surface area contributed by atoms with Gasteiger partial charge in [-0.1, -0.05) is 32.0 Å². The lowest BCUT2D eigenvalue weighted by Gasteiger charge is -2.37. The highest BCUT2D eigenvalue weighted by Crippen LogP contribution is 2.28. The van der Waals surface area contributed by atoms with E-state index in [2.05, 4.69) is 27.1 Å². The quantitative estimate of drug-likeness (QED) is 0.387. The highest BCUT2D eigenvalue weighted by molar-refractivity contribution is 5.57. The van der Waals surface area contributed by atoms with E-state index in [1.807, 2.05) is 49.0 Å². The third kappa shape index (κ3) is 4.85. The molecule has 0 amide bonds. The summed E-state index contributed by atoms with van der Waals surface area (Å²) in [5, 5.41) is 8.92. The number of aryl methyl sites for hydroxylation is 1. The summed E-state index contributed by atoms with van der Waals surface area (Å²) >= 11 is 0. The van der Waals surface area contributed by atoms with E-state index in [9.17, 15) is 4.79 Å². The summed E-state index contributed by atoms with van der Waals surface area (Å²) in [6.07, 6.45) is 8.69. The molecular weight excluding hydrogens is 444 g/mol. The number of hydrogen-bond acceptors (Lipinski definition) is 7. The van der Waals surface area contributed by atoms with Crippen molar-refractivity contribution in [3.8, 4) is 22.8 Å². The van der Waals surface area contributed by atoms with Gasteiger partial charge in [0.25, 0.3) is 0 Å². The van der Waals surface area contributed by atoms with Crippen LogP contribution in [-0.2, 0) is 11.3 Å². The van der Waals surface area contributed by atoms with Crippen LogP contribution >= 0.6 is 0 Å². The molecule has 0 bridgehead atoms. The Bertz CT molecular complexity index is 1370. The summed E-state index contributed by atoms with van der Waals surface area (Å²) in [7, 11) is 0. The number of rotatable bonds is 8. The smallest absolute Gasteiger partial charge is 0.203 e. The van der Waals surface area contributed by atoms with Crippen molar-refractivity contribution in [2.24, 2.45) is 5.41 Å². The standard InChI is InChI=1S/C26H28N6O3/c1-4-31-14-21(11-29-31)32-9-8-23(33)24(30-32)18(2)19-6-5-7-20(10-19)25-27-12-22(13-28-25)35-17-26(3)15-34-16-26/h5-14,18H,4,15-17H2,1-3H3. The van der Waals surface area contributed by atoms with Crippen molar-refractivity contribution in [3.05, 3.63) is 82.8 Å². The Hall–Kier alpha value is -3.85. The molecular formula is C26H28N6O3. The summed E-state index contributed by atoms with van der Waals surface area (Å²) in [4.78, 5) is 21.7. The molecule has 35 heavy (non-hydrogen) atoms. The highest BCUT2D eigenvalue weighted by Gasteiger charge is 2.34. The van der Waals surface area contributed by atoms with Crippen LogP contribution in [0.3, 0.4) is 0 Å². The van der Waals surface area contributed by atoms with Gasteiger partial charge in [-0.15, -0.1) is 0 Å². The first-order chi connectivity index (χ1) is 16.9. The predicted molar refractivity (Wildman–Crippen MR) is 131 cm³/mol. The number of benzene rings is 1. The van der Waals surface area contributed by atoms with Gasteiger partial charge in [-0.05, 0) is 18.6 Å². The zero-order valence-electron chi connectivity index (χ0n) is 20.1. The summed E-state index contributed by atoms with van der Waals surface area (Å²) < 4.78 is 14.6. The van der Waals surface area contributed by atoms with Gasteiger partial charge in [0.2, 0.25) is 5.43 Å². The molecule has 4 aromatic rings. The van der Waals surface area contributed by atoms with Crippen LogP contribution in [0, 0.1) is 5.41 Å². The lowest BCUT2D eigenvalue weighted by molar-refractivity contribution is -0.120. The van der Waals surface area contributed by atoms with Crippen molar-refractivity contribution in [2.45, 2.75) is 33.2 Å². The molecule has 5 rings (SSSR count). The first kappa shape index (κ1) is 22.9. The van der Waals surface area contributed by atoms with Gasteiger partial charge in [-0.3, -0.25) is 9.48 Å². The minimum Gasteiger partial charge on any atom is -0.490 e. The number of hydrogen-bond donors (Lipinski definition) is 0. The van der Waals surface area contributed by atoms with Crippen molar-refractivity contribution < 1.29 is 9.47 Å². The van der Waals surface area contributed by atoms with Crippen molar-refractivity contribution in [1.82, 2.24) is 29.5 Å². The molecule has 1 atom stereocenters. The van der Waals surface area contributed by atoms with Crippen molar-refractivity contribution in [1.29, 1.82) is 0 Å². The molecule has 0 aliphatic carbocycles. The second-order valence-electron chi connectivity index (χ2n) is 9.25. The Labute approximate surface area is 203 Å². The zero-order valence-corrected chi connectivity index (χ0v) is 20.1. The molecule has 3 aromatic heterocycles. The Morgan fingerprint density at radius 1 is 1.17 bits per heavy atom. The van der Waals surface area contributed by atoms with Gasteiger partial charge in [0.05, 0.1) is 44.6 Å². The van der Waals surface area contributed by atoms with Crippen LogP contribution in [0.4, 0.5) is 0 Å². The Balaban J connectivity index is 1.36. The molecule has 1 fully saturated rings. The largest absolute Gasteiger partial charge is 0.490 e. The van der Waals surface area contributed by atoms with Gasteiger partial charge >= 0.3 is 0 Å². The minimum absolute atomic E-state index is 0.0592. The molecule has 9 heteroatoms. The molecule has 0 N–H and O–H groups in total. The molecule has 1 saturated heterocycles. The average Bonchev–Trinajstić information content (AvgIpc) is 3.36. The first-order valence-electron chi connectivity index (χ1n) is 11.7. The third-order valence-corrected chi connectivity index (χ3v) is 6.21. The Morgan fingerprint density at radius 2 is 1.97 bits per heavy atom. The molecule has 1 aliphatic heterocycles. The molecule has 4 heterocycles. The molecule has 0 spiro atoms. The fourth-order valence-electron chi connectivity index (χ4n) is 3.95. The van der Waals surface area contributed by atoms with Crippen LogP contribution in [-0.4, -0.2) is 49.3 Å². The summed E-state index contributed by atoms with van der Waals surface area (Å²) in [6, 6.07) is 9.43. The minimum atomic E-state index is -0.218. The fraction of sp³-hybridized carbons (Fsp3) is 0.346. The predicted octanol–water partition coefficient (Wildman–Crippen LogP) is 3.47. The van der Waals surface area contributed by atoms with E-state index in [0.717, 1.165) is 23.4 Å². The molecule has 1 unspecified atom stereocenters. The van der Waals surface area contributed by atoms with Gasteiger partial charge in [-0.25, -0.2) is 14.6 Å². The molecule has 9 nitrogen and oxygen atoms in total. The van der Waals surface area contributed by atoms with Gasteiger partial charge in [0.15, 0.2) is 11.6 Å². The van der Waals surface area contributed by atoms with E-state index in [0.29, 0.717) is 37.1 Å². The number of aromatic nitrogens is 6. The third-order valence-electron chi connectivity index (χ3n) is 6.21. The maximum absolute atomic E-state index is 12.7. The summed E-state index contributed by atoms with van der Waals surface area (Å²) in [6.45, 7) is 8.88. The summed E-state index contributed by atoms with van der Waals surface area (Å²) in [5.74, 6) is 1.01. The van der Waals surface area contributed by atoms with E-state index in [1.165, 1.54) is 0 Å². The van der Waals surface area contributed by atoms with Crippen molar-refractivity contribution >= 4 is 0 Å². The maximum atomic E-state index is 12.7. The number of ether oxygens (including phenoxy) is 2. The van der Waals surface area contributed by atoms with Crippen LogP contribution < -0.4 is 10.2 Å². The number of nitrogens with zero attached hydrogens (tertiary/aromatic N) is 6. The van der Waals surface area contributed by atoms with Crippen LogP contribution in [0.5, 0.6) is 5.75 Å². The molecule has 1 aromatic carbocycles. The summed E-state index contributed by atoms with van der Waals surface area (Å²) in [5.41, 5.74) is 3.04. The molecule has 180 valence electrons. The molecule has 0 radical (unpaired) electrons. The fourth-order valence-corrected chi connectivity index (χ4v) is 3.95. The van der Waals surface area contributed by atoms with E-state index in [4.69, 9.17) is 9.47 Å². The van der Waals surface area contributed by atoms with Crippen molar-refractivity contribution in [3.63, 3.8) is 0 Å². The Morgan fingerprint density at radius 3 is 2.66 bits per heavy atom. The SMILES string of the molecule is CCn1cc(-n2ccc(=O)c(C(C)c3cccc(-c4ncc(OCC5(C)COC5)cn4)c3)n2)cn1. The van der Waals surface area contributed by atoms with E-state index < -0.39 is 0 Å². The van der Waals surface area contributed by atoms with Gasteiger partial charge in [0, 0.05) is 35.7 Å². The van der Waals surface area contributed by atoms with Crippen LogP contribution in [0.15, 0.2) is 66.1 Å². The topological polar surface area (TPSA) is 97.0 Å². The van der Waals surface area contributed by atoms with E-state index in [-0.39, 0.29) is 16.8 Å². The van der Waals surface area contributed by atoms with Gasteiger partial charge in [-0.2, -0.15) is 10.2 Å². The average molecular weight is 473 g/mol. The monoisotopic (exact) mass is 472 g/mol. The normalized spacial score (nSPS) is 15.4. The lowest BCUT2D eigenvalue weighted by Crippen LogP contribution is -2.44. The first-order valence-corrected chi connectivity index (χ1v) is 11.7. The van der Waals surface area contributed by atoms with Crippen LogP contribution in [0.2, 0.25) is 0 Å². The Kier molecular flexibility index (Phi) is 6.17. The van der Waals surface area contributed by atoms with Crippen LogP contribution in [0.25, 0.3) is 17.1 Å². The van der Waals surface area contributed by atoms with E-state index >= 15 is 0 Å². The maximum Gasteiger partial charge on any atom is 0.203 e. The second-order valence-corrected chi connectivity index (χ2v) is 9.25. The van der Waals surface area contributed by atoms with Crippen LogP contribution in [0.1, 0.15) is 37.9 Å². The van der Waals surface area contributed by atoms with E-state index in [1.54, 1.807) is 35.5 Å².